The van der Waals surface area contributed by atoms with Crippen LogP contribution in [0.2, 0.25) is 0 Å². The lowest BCUT2D eigenvalue weighted by Crippen LogP contribution is -2.48. The minimum Gasteiger partial charge on any atom is -0.481 e. The third kappa shape index (κ3) is 4.42. The van der Waals surface area contributed by atoms with Crippen molar-refractivity contribution in [3.8, 4) is 0 Å². The van der Waals surface area contributed by atoms with Crippen LogP contribution < -0.4 is 0 Å². The fourth-order valence-electron chi connectivity index (χ4n) is 1.99. The fourth-order valence-corrected chi connectivity index (χ4v) is 1.99. The van der Waals surface area contributed by atoms with Gasteiger partial charge in [0.1, 0.15) is 5.60 Å². The normalized spacial score (nSPS) is 23.8. The standard InChI is InChI=1S/C12H19NO6/c1-12(2,3)19-10(16)8-4-7(9(14)15)5-13(6-8)11(17)18/h7-8H,4-6H2,1-3H3,(H,14,15)(H,17,18). The molecule has 19 heavy (non-hydrogen) atoms. The lowest BCUT2D eigenvalue weighted by Gasteiger charge is -2.34. The number of hydrogen-bond acceptors (Lipinski definition) is 4. The fraction of sp³-hybridized carbons (Fsp3) is 0.750. The Kier molecular flexibility index (Phi) is 4.39. The van der Waals surface area contributed by atoms with E-state index in [-0.39, 0.29) is 19.5 Å². The van der Waals surface area contributed by atoms with Gasteiger partial charge in [0, 0.05) is 13.1 Å². The Morgan fingerprint density at radius 3 is 2.05 bits per heavy atom. The van der Waals surface area contributed by atoms with Gasteiger partial charge in [0.25, 0.3) is 0 Å². The second-order valence-electron chi connectivity index (χ2n) is 5.69. The van der Waals surface area contributed by atoms with E-state index in [9.17, 15) is 14.4 Å². The number of likely N-dealkylation sites (tertiary alicyclic amines) is 1. The van der Waals surface area contributed by atoms with E-state index in [1.165, 1.54) is 0 Å². The second-order valence-corrected chi connectivity index (χ2v) is 5.69. The minimum absolute atomic E-state index is 0.0198. The molecule has 1 fully saturated rings. The number of carbonyl (C=O) groups is 3. The molecule has 108 valence electrons. The Morgan fingerprint density at radius 1 is 1.11 bits per heavy atom. The molecule has 0 saturated carbocycles. The summed E-state index contributed by atoms with van der Waals surface area (Å²) in [6.07, 6.45) is -1.12. The van der Waals surface area contributed by atoms with Gasteiger partial charge in [-0.3, -0.25) is 9.59 Å². The van der Waals surface area contributed by atoms with Gasteiger partial charge in [0.05, 0.1) is 11.8 Å². The van der Waals surface area contributed by atoms with Crippen LogP contribution in [0.25, 0.3) is 0 Å². The predicted octanol–water partition coefficient (Wildman–Crippen LogP) is 1.03. The molecule has 0 aromatic heterocycles. The molecule has 1 aliphatic rings. The minimum atomic E-state index is -1.22. The zero-order valence-electron chi connectivity index (χ0n) is 11.3. The molecule has 0 bridgehead atoms. The molecule has 0 spiro atoms. The van der Waals surface area contributed by atoms with Crippen LogP contribution in [0.5, 0.6) is 0 Å². The first-order valence-electron chi connectivity index (χ1n) is 6.03. The molecule has 1 rings (SSSR count). The molecular formula is C12H19NO6. The van der Waals surface area contributed by atoms with Crippen LogP contribution in [0.3, 0.4) is 0 Å². The lowest BCUT2D eigenvalue weighted by atomic mass is 9.89. The average Bonchev–Trinajstić information content (AvgIpc) is 2.25. The molecule has 7 nitrogen and oxygen atoms in total. The molecule has 1 amide bonds. The molecule has 2 atom stereocenters. The van der Waals surface area contributed by atoms with Gasteiger partial charge in [-0.1, -0.05) is 0 Å². The van der Waals surface area contributed by atoms with Crippen molar-refractivity contribution < 1.29 is 29.3 Å². The van der Waals surface area contributed by atoms with Crippen LogP contribution in [-0.4, -0.2) is 51.8 Å². The summed E-state index contributed by atoms with van der Waals surface area (Å²) in [5, 5.41) is 17.9. The third-order valence-corrected chi connectivity index (χ3v) is 2.81. The van der Waals surface area contributed by atoms with E-state index in [2.05, 4.69) is 0 Å². The van der Waals surface area contributed by atoms with Crippen LogP contribution in [-0.2, 0) is 14.3 Å². The first-order valence-corrected chi connectivity index (χ1v) is 6.03. The van der Waals surface area contributed by atoms with E-state index in [1.54, 1.807) is 20.8 Å². The Bertz CT molecular complexity index is 364. The number of hydrogen-bond donors (Lipinski definition) is 2. The summed E-state index contributed by atoms with van der Waals surface area (Å²) in [6, 6.07) is 0. The number of esters is 1. The molecule has 0 radical (unpaired) electrons. The smallest absolute Gasteiger partial charge is 0.407 e. The number of ether oxygens (including phenoxy) is 1. The molecule has 0 aromatic carbocycles. The van der Waals surface area contributed by atoms with Crippen molar-refractivity contribution in [2.75, 3.05) is 13.1 Å². The van der Waals surface area contributed by atoms with Crippen LogP contribution in [0.15, 0.2) is 0 Å². The summed E-state index contributed by atoms with van der Waals surface area (Å²) in [7, 11) is 0. The maximum atomic E-state index is 11.9. The van der Waals surface area contributed by atoms with Crippen molar-refractivity contribution in [1.29, 1.82) is 0 Å². The van der Waals surface area contributed by atoms with Crippen molar-refractivity contribution >= 4 is 18.0 Å². The quantitative estimate of drug-likeness (QED) is 0.728. The van der Waals surface area contributed by atoms with Gasteiger partial charge in [-0.05, 0) is 27.2 Å². The number of amides is 1. The number of rotatable bonds is 2. The molecule has 2 N–H and O–H groups in total. The third-order valence-electron chi connectivity index (χ3n) is 2.81. The van der Waals surface area contributed by atoms with E-state index >= 15 is 0 Å². The lowest BCUT2D eigenvalue weighted by molar-refractivity contribution is -0.163. The summed E-state index contributed by atoms with van der Waals surface area (Å²) in [4.78, 5) is 34.8. The molecular weight excluding hydrogens is 254 g/mol. The maximum absolute atomic E-state index is 11.9. The van der Waals surface area contributed by atoms with E-state index in [4.69, 9.17) is 14.9 Å². The first-order chi connectivity index (χ1) is 8.60. The Labute approximate surface area is 111 Å². The monoisotopic (exact) mass is 273 g/mol. The Hall–Kier alpha value is -1.79. The molecule has 1 aliphatic heterocycles. The van der Waals surface area contributed by atoms with Gasteiger partial charge in [-0.25, -0.2) is 4.79 Å². The number of carbonyl (C=O) groups excluding carboxylic acids is 1. The number of carboxylic acid groups (broad SMARTS) is 2. The Balaban J connectivity index is 2.79. The van der Waals surface area contributed by atoms with Crippen molar-refractivity contribution in [2.45, 2.75) is 32.8 Å². The zero-order valence-corrected chi connectivity index (χ0v) is 11.3. The van der Waals surface area contributed by atoms with Crippen molar-refractivity contribution in [3.63, 3.8) is 0 Å². The summed E-state index contributed by atoms with van der Waals surface area (Å²) in [5.41, 5.74) is -0.679. The highest BCUT2D eigenvalue weighted by molar-refractivity contribution is 5.78. The molecule has 2 unspecified atom stereocenters. The van der Waals surface area contributed by atoms with Crippen LogP contribution in [0.4, 0.5) is 4.79 Å². The average molecular weight is 273 g/mol. The number of carboxylic acids is 1. The van der Waals surface area contributed by atoms with E-state index in [0.717, 1.165) is 4.90 Å². The van der Waals surface area contributed by atoms with Gasteiger partial charge in [-0.2, -0.15) is 0 Å². The van der Waals surface area contributed by atoms with Crippen molar-refractivity contribution in [1.82, 2.24) is 4.90 Å². The highest BCUT2D eigenvalue weighted by atomic mass is 16.6. The highest BCUT2D eigenvalue weighted by Crippen LogP contribution is 2.25. The number of piperidine rings is 1. The topological polar surface area (TPSA) is 104 Å². The van der Waals surface area contributed by atoms with E-state index in [1.807, 2.05) is 0 Å². The molecule has 0 aliphatic carbocycles. The van der Waals surface area contributed by atoms with Crippen LogP contribution in [0, 0.1) is 11.8 Å². The number of aliphatic carboxylic acids is 1. The van der Waals surface area contributed by atoms with Crippen LogP contribution in [0.1, 0.15) is 27.2 Å². The summed E-state index contributed by atoms with van der Waals surface area (Å²) < 4.78 is 5.18. The SMILES string of the molecule is CC(C)(C)OC(=O)C1CC(C(=O)O)CN(C(=O)O)C1. The van der Waals surface area contributed by atoms with Gasteiger partial charge >= 0.3 is 18.0 Å². The van der Waals surface area contributed by atoms with Crippen molar-refractivity contribution in [2.24, 2.45) is 11.8 Å². The van der Waals surface area contributed by atoms with Gasteiger partial charge in [-0.15, -0.1) is 0 Å². The molecule has 0 aromatic rings. The second kappa shape index (κ2) is 5.46. The zero-order chi connectivity index (χ0) is 14.8. The molecule has 1 heterocycles. The first kappa shape index (κ1) is 15.3. The van der Waals surface area contributed by atoms with E-state index < -0.39 is 35.5 Å². The van der Waals surface area contributed by atoms with Crippen molar-refractivity contribution in [3.05, 3.63) is 0 Å². The van der Waals surface area contributed by atoms with Gasteiger partial charge < -0.3 is 19.8 Å². The largest absolute Gasteiger partial charge is 0.481 e. The number of nitrogens with zero attached hydrogens (tertiary/aromatic N) is 1. The van der Waals surface area contributed by atoms with Gasteiger partial charge in [0.15, 0.2) is 0 Å². The summed E-state index contributed by atoms with van der Waals surface area (Å²) >= 11 is 0. The highest BCUT2D eigenvalue weighted by Gasteiger charge is 2.38. The van der Waals surface area contributed by atoms with Crippen LogP contribution >= 0.6 is 0 Å². The maximum Gasteiger partial charge on any atom is 0.407 e. The van der Waals surface area contributed by atoms with E-state index in [0.29, 0.717) is 0 Å². The van der Waals surface area contributed by atoms with Gasteiger partial charge in [0.2, 0.25) is 0 Å². The summed E-state index contributed by atoms with van der Waals surface area (Å²) in [5.74, 6) is -3.25. The molecule has 7 heteroatoms. The molecule has 1 saturated heterocycles. The Morgan fingerprint density at radius 2 is 1.63 bits per heavy atom. The predicted molar refractivity (Wildman–Crippen MR) is 64.7 cm³/mol. The summed E-state index contributed by atoms with van der Waals surface area (Å²) in [6.45, 7) is 5.00.